The van der Waals surface area contributed by atoms with Gasteiger partial charge in [0.1, 0.15) is 5.82 Å². The van der Waals surface area contributed by atoms with Gasteiger partial charge in [-0.05, 0) is 43.9 Å². The molecule has 1 rings (SSSR count). The average Bonchev–Trinajstić information content (AvgIpc) is 2.26. The first-order valence-corrected chi connectivity index (χ1v) is 6.16. The van der Waals surface area contributed by atoms with Gasteiger partial charge in [0.25, 0.3) is 0 Å². The number of halogens is 1. The van der Waals surface area contributed by atoms with E-state index in [1.54, 1.807) is 12.1 Å². The molecular formula is C14H22FN. The van der Waals surface area contributed by atoms with E-state index < -0.39 is 0 Å². The van der Waals surface area contributed by atoms with Gasteiger partial charge in [-0.3, -0.25) is 0 Å². The third-order valence-corrected chi connectivity index (χ3v) is 2.94. The van der Waals surface area contributed by atoms with Crippen LogP contribution in [0.3, 0.4) is 0 Å². The number of benzene rings is 1. The Morgan fingerprint density at radius 1 is 1.25 bits per heavy atom. The van der Waals surface area contributed by atoms with Crippen molar-refractivity contribution in [3.8, 4) is 0 Å². The van der Waals surface area contributed by atoms with Gasteiger partial charge in [-0.25, -0.2) is 4.39 Å². The van der Waals surface area contributed by atoms with Crippen molar-refractivity contribution in [1.82, 2.24) is 5.32 Å². The zero-order valence-electron chi connectivity index (χ0n) is 10.5. The van der Waals surface area contributed by atoms with Gasteiger partial charge in [-0.15, -0.1) is 0 Å². The van der Waals surface area contributed by atoms with Crippen molar-refractivity contribution in [2.75, 3.05) is 0 Å². The zero-order valence-corrected chi connectivity index (χ0v) is 10.5. The Bertz CT molecular complexity index is 307. The fourth-order valence-corrected chi connectivity index (χ4v) is 2.00. The smallest absolute Gasteiger partial charge is 0.123 e. The molecule has 1 unspecified atom stereocenters. The minimum Gasteiger partial charge on any atom is -0.311 e. The monoisotopic (exact) mass is 223 g/mol. The summed E-state index contributed by atoms with van der Waals surface area (Å²) >= 11 is 0. The molecule has 0 heterocycles. The lowest BCUT2D eigenvalue weighted by atomic mass is 10.0. The fraction of sp³-hybridized carbons (Fsp3) is 0.571. The number of hydrogen-bond donors (Lipinski definition) is 1. The predicted molar refractivity (Wildman–Crippen MR) is 67.1 cm³/mol. The normalized spacial score (nSPS) is 13.1. The Labute approximate surface area is 98.1 Å². The summed E-state index contributed by atoms with van der Waals surface area (Å²) < 4.78 is 13.0. The van der Waals surface area contributed by atoms with E-state index in [1.165, 1.54) is 6.07 Å². The molecule has 1 aromatic carbocycles. The zero-order chi connectivity index (χ0) is 12.0. The Kier molecular flexibility index (Phi) is 5.47. The van der Waals surface area contributed by atoms with Gasteiger partial charge in [-0.1, -0.05) is 26.0 Å². The SMILES string of the molecule is CCC(CC)NC(C)Cc1cccc(F)c1. The molecule has 0 fully saturated rings. The number of nitrogens with one attached hydrogen (secondary N) is 1. The molecule has 1 atom stereocenters. The molecule has 90 valence electrons. The highest BCUT2D eigenvalue weighted by Crippen LogP contribution is 2.08. The first-order chi connectivity index (χ1) is 7.65. The van der Waals surface area contributed by atoms with Crippen LogP contribution in [0.1, 0.15) is 39.2 Å². The maximum Gasteiger partial charge on any atom is 0.123 e. The second kappa shape index (κ2) is 6.64. The maximum absolute atomic E-state index is 13.0. The van der Waals surface area contributed by atoms with E-state index in [4.69, 9.17) is 0 Å². The lowest BCUT2D eigenvalue weighted by molar-refractivity contribution is 0.422. The van der Waals surface area contributed by atoms with Gasteiger partial charge in [0.2, 0.25) is 0 Å². The Morgan fingerprint density at radius 2 is 1.94 bits per heavy atom. The minimum absolute atomic E-state index is 0.146. The molecule has 1 aromatic rings. The molecule has 0 bridgehead atoms. The first kappa shape index (κ1) is 13.2. The molecule has 16 heavy (non-hydrogen) atoms. The van der Waals surface area contributed by atoms with Crippen molar-refractivity contribution >= 4 is 0 Å². The van der Waals surface area contributed by atoms with Crippen LogP contribution in [-0.4, -0.2) is 12.1 Å². The summed E-state index contributed by atoms with van der Waals surface area (Å²) in [6.45, 7) is 6.54. The number of hydrogen-bond acceptors (Lipinski definition) is 1. The minimum atomic E-state index is -0.146. The Hall–Kier alpha value is -0.890. The van der Waals surface area contributed by atoms with E-state index in [0.29, 0.717) is 12.1 Å². The molecule has 0 saturated heterocycles. The second-order valence-electron chi connectivity index (χ2n) is 4.42. The van der Waals surface area contributed by atoms with E-state index >= 15 is 0 Å². The maximum atomic E-state index is 13.0. The lowest BCUT2D eigenvalue weighted by Gasteiger charge is -2.21. The molecule has 1 N–H and O–H groups in total. The quantitative estimate of drug-likeness (QED) is 0.778. The molecule has 0 aromatic heterocycles. The largest absolute Gasteiger partial charge is 0.311 e. The van der Waals surface area contributed by atoms with Crippen molar-refractivity contribution in [2.24, 2.45) is 0 Å². The molecule has 0 aliphatic carbocycles. The molecule has 2 heteroatoms. The summed E-state index contributed by atoms with van der Waals surface area (Å²) in [5, 5.41) is 3.56. The highest BCUT2D eigenvalue weighted by Gasteiger charge is 2.09. The highest BCUT2D eigenvalue weighted by molar-refractivity contribution is 5.17. The van der Waals surface area contributed by atoms with Crippen LogP contribution in [-0.2, 0) is 6.42 Å². The highest BCUT2D eigenvalue weighted by atomic mass is 19.1. The van der Waals surface area contributed by atoms with Gasteiger partial charge in [0.05, 0.1) is 0 Å². The standard InChI is InChI=1S/C14H22FN/c1-4-14(5-2)16-11(3)9-12-7-6-8-13(15)10-12/h6-8,10-11,14,16H,4-5,9H2,1-3H3. The summed E-state index contributed by atoms with van der Waals surface area (Å²) in [5.41, 5.74) is 1.06. The van der Waals surface area contributed by atoms with Crippen molar-refractivity contribution in [2.45, 2.75) is 52.1 Å². The van der Waals surface area contributed by atoms with Crippen molar-refractivity contribution in [3.63, 3.8) is 0 Å². The van der Waals surface area contributed by atoms with Crippen molar-refractivity contribution in [3.05, 3.63) is 35.6 Å². The average molecular weight is 223 g/mol. The van der Waals surface area contributed by atoms with Crippen molar-refractivity contribution in [1.29, 1.82) is 0 Å². The van der Waals surface area contributed by atoms with E-state index in [2.05, 4.69) is 26.1 Å². The lowest BCUT2D eigenvalue weighted by Crippen LogP contribution is -2.36. The Balaban J connectivity index is 2.47. The topological polar surface area (TPSA) is 12.0 Å². The van der Waals surface area contributed by atoms with Gasteiger partial charge in [-0.2, -0.15) is 0 Å². The fourth-order valence-electron chi connectivity index (χ4n) is 2.00. The predicted octanol–water partition coefficient (Wildman–Crippen LogP) is 3.53. The first-order valence-electron chi connectivity index (χ1n) is 6.16. The third-order valence-electron chi connectivity index (χ3n) is 2.94. The third kappa shape index (κ3) is 4.31. The van der Waals surface area contributed by atoms with Gasteiger partial charge in [0, 0.05) is 12.1 Å². The summed E-state index contributed by atoms with van der Waals surface area (Å²) in [7, 11) is 0. The van der Waals surface area contributed by atoms with Crippen LogP contribution in [0.2, 0.25) is 0 Å². The molecule has 0 saturated carbocycles. The molecular weight excluding hydrogens is 201 g/mol. The molecule has 0 aliphatic heterocycles. The Morgan fingerprint density at radius 3 is 2.50 bits per heavy atom. The van der Waals surface area contributed by atoms with Gasteiger partial charge < -0.3 is 5.32 Å². The van der Waals surface area contributed by atoms with Crippen LogP contribution in [0.4, 0.5) is 4.39 Å². The van der Waals surface area contributed by atoms with Crippen LogP contribution in [0.15, 0.2) is 24.3 Å². The van der Waals surface area contributed by atoms with Crippen molar-refractivity contribution < 1.29 is 4.39 Å². The second-order valence-corrected chi connectivity index (χ2v) is 4.42. The molecule has 1 nitrogen and oxygen atoms in total. The number of rotatable bonds is 6. The summed E-state index contributed by atoms with van der Waals surface area (Å²) in [4.78, 5) is 0. The van der Waals surface area contributed by atoms with E-state index in [9.17, 15) is 4.39 Å². The summed E-state index contributed by atoms with van der Waals surface area (Å²) in [5.74, 6) is -0.146. The van der Waals surface area contributed by atoms with Gasteiger partial charge in [0.15, 0.2) is 0 Å². The molecule has 0 radical (unpaired) electrons. The summed E-state index contributed by atoms with van der Waals surface area (Å²) in [6.07, 6.45) is 3.17. The van der Waals surface area contributed by atoms with Crippen LogP contribution in [0.25, 0.3) is 0 Å². The summed E-state index contributed by atoms with van der Waals surface area (Å²) in [6, 6.07) is 7.83. The molecule has 0 amide bonds. The van der Waals surface area contributed by atoms with Crippen LogP contribution >= 0.6 is 0 Å². The van der Waals surface area contributed by atoms with Gasteiger partial charge >= 0.3 is 0 Å². The van der Waals surface area contributed by atoms with E-state index in [0.717, 1.165) is 24.8 Å². The van der Waals surface area contributed by atoms with Crippen LogP contribution in [0.5, 0.6) is 0 Å². The van der Waals surface area contributed by atoms with E-state index in [1.807, 2.05) is 6.07 Å². The van der Waals surface area contributed by atoms with Crippen LogP contribution in [0, 0.1) is 5.82 Å². The van der Waals surface area contributed by atoms with Crippen LogP contribution < -0.4 is 5.32 Å². The molecule has 0 aliphatic rings. The van der Waals surface area contributed by atoms with E-state index in [-0.39, 0.29) is 5.82 Å². The molecule has 0 spiro atoms.